The van der Waals surface area contributed by atoms with Crippen molar-refractivity contribution in [1.82, 2.24) is 25.2 Å². The monoisotopic (exact) mass is 445 g/mol. The Morgan fingerprint density at radius 2 is 2.06 bits per heavy atom. The molecule has 170 valence electrons. The maximum atomic E-state index is 12.8. The molecule has 1 fully saturated rings. The highest BCUT2D eigenvalue weighted by Crippen LogP contribution is 2.26. The van der Waals surface area contributed by atoms with Gasteiger partial charge in [0, 0.05) is 37.9 Å². The molecule has 0 bridgehead atoms. The van der Waals surface area contributed by atoms with Gasteiger partial charge in [-0.1, -0.05) is 18.2 Å². The van der Waals surface area contributed by atoms with Gasteiger partial charge in [0.1, 0.15) is 17.3 Å². The first-order valence-corrected chi connectivity index (χ1v) is 11.0. The van der Waals surface area contributed by atoms with Gasteiger partial charge in [-0.3, -0.25) is 14.6 Å². The zero-order valence-corrected chi connectivity index (χ0v) is 18.8. The second kappa shape index (κ2) is 10.2. The van der Waals surface area contributed by atoms with Crippen LogP contribution in [-0.4, -0.2) is 51.9 Å². The molecule has 8 nitrogen and oxygen atoms in total. The number of hydrogen-bond donors (Lipinski definition) is 1. The van der Waals surface area contributed by atoms with Crippen LogP contribution in [0, 0.1) is 6.92 Å². The van der Waals surface area contributed by atoms with E-state index in [0.717, 1.165) is 24.2 Å². The van der Waals surface area contributed by atoms with Crippen LogP contribution in [-0.2, 0) is 6.54 Å². The van der Waals surface area contributed by atoms with E-state index >= 15 is 0 Å². The van der Waals surface area contributed by atoms with Gasteiger partial charge in [0.2, 0.25) is 0 Å². The van der Waals surface area contributed by atoms with Crippen LogP contribution in [0.5, 0.6) is 5.75 Å². The summed E-state index contributed by atoms with van der Waals surface area (Å²) in [5.41, 5.74) is 2.45. The molecule has 1 aromatic carbocycles. The number of rotatable bonds is 6. The van der Waals surface area contributed by atoms with Gasteiger partial charge in [-0.2, -0.15) is 0 Å². The van der Waals surface area contributed by atoms with Crippen molar-refractivity contribution in [3.05, 3.63) is 83.2 Å². The number of aryl methyl sites for hydroxylation is 1. The summed E-state index contributed by atoms with van der Waals surface area (Å²) >= 11 is 0. The van der Waals surface area contributed by atoms with Crippen molar-refractivity contribution in [2.45, 2.75) is 32.2 Å². The Morgan fingerprint density at radius 1 is 1.18 bits per heavy atom. The molecule has 0 spiro atoms. The first-order valence-electron chi connectivity index (χ1n) is 11.0. The molecule has 0 saturated carbocycles. The molecular weight excluding hydrogens is 418 g/mol. The number of methoxy groups -OCH3 is 1. The Hall–Kier alpha value is -3.81. The Balaban J connectivity index is 1.41. The van der Waals surface area contributed by atoms with Crippen LogP contribution in [0.1, 0.15) is 56.7 Å². The van der Waals surface area contributed by atoms with Crippen molar-refractivity contribution in [3.8, 4) is 5.75 Å². The number of pyridine rings is 1. The van der Waals surface area contributed by atoms with Crippen LogP contribution in [0.25, 0.3) is 0 Å². The van der Waals surface area contributed by atoms with Gasteiger partial charge in [0.05, 0.1) is 18.4 Å². The maximum absolute atomic E-state index is 12.8. The van der Waals surface area contributed by atoms with E-state index in [2.05, 4.69) is 20.3 Å². The fourth-order valence-corrected chi connectivity index (χ4v) is 3.99. The number of nitrogens with zero attached hydrogens (tertiary/aromatic N) is 4. The summed E-state index contributed by atoms with van der Waals surface area (Å²) in [7, 11) is 1.61. The van der Waals surface area contributed by atoms with E-state index in [-0.39, 0.29) is 17.7 Å². The van der Waals surface area contributed by atoms with Crippen LogP contribution < -0.4 is 10.1 Å². The highest BCUT2D eigenvalue weighted by atomic mass is 16.5. The molecule has 0 unspecified atom stereocenters. The summed E-state index contributed by atoms with van der Waals surface area (Å²) < 4.78 is 5.22. The number of nitrogens with one attached hydrogen (secondary N) is 1. The number of piperidine rings is 1. The Kier molecular flexibility index (Phi) is 6.92. The van der Waals surface area contributed by atoms with E-state index in [1.807, 2.05) is 42.2 Å². The first kappa shape index (κ1) is 22.4. The molecule has 33 heavy (non-hydrogen) atoms. The number of carbonyl (C=O) groups excluding carboxylic acids is 2. The predicted octanol–water partition coefficient (Wildman–Crippen LogP) is 3.14. The molecule has 1 saturated heterocycles. The van der Waals surface area contributed by atoms with Gasteiger partial charge in [0.15, 0.2) is 0 Å². The van der Waals surface area contributed by atoms with E-state index in [1.54, 1.807) is 31.6 Å². The van der Waals surface area contributed by atoms with Crippen molar-refractivity contribution in [1.29, 1.82) is 0 Å². The Morgan fingerprint density at radius 3 is 2.82 bits per heavy atom. The molecule has 1 N–H and O–H groups in total. The standard InChI is InChI=1S/C25H27N5O3/c1-17-21(24(31)28-14-18-7-5-9-20(13-18)33-2)15-27-23(29-17)19-8-6-12-30(16-19)25(32)22-10-3-4-11-26-22/h3-5,7,9-11,13,15,19H,6,8,12,14,16H2,1-2H3,(H,28,31)/t19-/m1/s1. The molecule has 1 atom stereocenters. The Bertz CT molecular complexity index is 1140. The van der Waals surface area contributed by atoms with Gasteiger partial charge >= 0.3 is 0 Å². The molecule has 2 aromatic heterocycles. The third-order valence-corrected chi connectivity index (χ3v) is 5.79. The molecule has 4 rings (SSSR count). The Labute approximate surface area is 193 Å². The summed E-state index contributed by atoms with van der Waals surface area (Å²) in [6, 6.07) is 12.9. The SMILES string of the molecule is COc1cccc(CNC(=O)c2cnc([C@@H]3CCCN(C(=O)c4ccccn4)C3)nc2C)c1. The fourth-order valence-electron chi connectivity index (χ4n) is 3.99. The normalized spacial score (nSPS) is 15.7. The molecule has 1 aliphatic heterocycles. The highest BCUT2D eigenvalue weighted by molar-refractivity contribution is 5.94. The maximum Gasteiger partial charge on any atom is 0.272 e. The van der Waals surface area contributed by atoms with Gasteiger partial charge < -0.3 is 15.0 Å². The molecule has 3 heterocycles. The lowest BCUT2D eigenvalue weighted by atomic mass is 9.96. The molecule has 2 amide bonds. The molecule has 0 aliphatic carbocycles. The number of carbonyl (C=O) groups is 2. The van der Waals surface area contributed by atoms with E-state index in [1.165, 1.54) is 0 Å². The zero-order chi connectivity index (χ0) is 23.2. The van der Waals surface area contributed by atoms with E-state index in [4.69, 9.17) is 4.74 Å². The van der Waals surface area contributed by atoms with Crippen molar-refractivity contribution < 1.29 is 14.3 Å². The summed E-state index contributed by atoms with van der Waals surface area (Å²) in [4.78, 5) is 40.6. The van der Waals surface area contributed by atoms with Crippen LogP contribution >= 0.6 is 0 Å². The largest absolute Gasteiger partial charge is 0.497 e. The fraction of sp³-hybridized carbons (Fsp3) is 0.320. The smallest absolute Gasteiger partial charge is 0.272 e. The third-order valence-electron chi connectivity index (χ3n) is 5.79. The van der Waals surface area contributed by atoms with Crippen molar-refractivity contribution in [2.24, 2.45) is 0 Å². The van der Waals surface area contributed by atoms with Crippen molar-refractivity contribution in [3.63, 3.8) is 0 Å². The second-order valence-corrected chi connectivity index (χ2v) is 8.07. The molecule has 0 radical (unpaired) electrons. The van der Waals surface area contributed by atoms with Crippen molar-refractivity contribution in [2.75, 3.05) is 20.2 Å². The summed E-state index contributed by atoms with van der Waals surface area (Å²) in [6.45, 7) is 3.42. The quantitative estimate of drug-likeness (QED) is 0.626. The lowest BCUT2D eigenvalue weighted by Gasteiger charge is -2.32. The third kappa shape index (κ3) is 5.34. The minimum Gasteiger partial charge on any atom is -0.497 e. The van der Waals surface area contributed by atoms with Gasteiger partial charge in [-0.25, -0.2) is 9.97 Å². The van der Waals surface area contributed by atoms with Gasteiger partial charge in [0.25, 0.3) is 11.8 Å². The zero-order valence-electron chi connectivity index (χ0n) is 18.8. The minimum atomic E-state index is -0.225. The molecule has 8 heteroatoms. The van der Waals surface area contributed by atoms with Gasteiger partial charge in [-0.05, 0) is 49.6 Å². The summed E-state index contributed by atoms with van der Waals surface area (Å²) in [6.07, 6.45) is 4.97. The number of ether oxygens (including phenoxy) is 1. The lowest BCUT2D eigenvalue weighted by Crippen LogP contribution is -2.40. The number of likely N-dealkylation sites (tertiary alicyclic amines) is 1. The first-order chi connectivity index (χ1) is 16.0. The minimum absolute atomic E-state index is 0.0269. The summed E-state index contributed by atoms with van der Waals surface area (Å²) in [5.74, 6) is 1.13. The number of benzene rings is 1. The summed E-state index contributed by atoms with van der Waals surface area (Å²) in [5, 5.41) is 2.91. The second-order valence-electron chi connectivity index (χ2n) is 8.07. The van der Waals surface area contributed by atoms with Crippen molar-refractivity contribution >= 4 is 11.8 Å². The number of aromatic nitrogens is 3. The highest BCUT2D eigenvalue weighted by Gasteiger charge is 2.28. The topological polar surface area (TPSA) is 97.3 Å². The number of amides is 2. The van der Waals surface area contributed by atoms with Crippen LogP contribution in [0.15, 0.2) is 54.9 Å². The van der Waals surface area contributed by atoms with Crippen LogP contribution in [0.2, 0.25) is 0 Å². The van der Waals surface area contributed by atoms with Gasteiger partial charge in [-0.15, -0.1) is 0 Å². The lowest BCUT2D eigenvalue weighted by molar-refractivity contribution is 0.0698. The number of hydrogen-bond acceptors (Lipinski definition) is 6. The predicted molar refractivity (Wildman–Crippen MR) is 123 cm³/mol. The van der Waals surface area contributed by atoms with E-state index < -0.39 is 0 Å². The molecular formula is C25H27N5O3. The van der Waals surface area contributed by atoms with E-state index in [9.17, 15) is 9.59 Å². The van der Waals surface area contributed by atoms with Crippen LogP contribution in [0.3, 0.4) is 0 Å². The average Bonchev–Trinajstić information content (AvgIpc) is 2.87. The van der Waals surface area contributed by atoms with E-state index in [0.29, 0.717) is 42.4 Å². The average molecular weight is 446 g/mol. The molecule has 3 aromatic rings. The van der Waals surface area contributed by atoms with Crippen LogP contribution in [0.4, 0.5) is 0 Å². The molecule has 1 aliphatic rings.